The maximum absolute atomic E-state index is 5.92. The van der Waals surface area contributed by atoms with Crippen LogP contribution in [0, 0.1) is 0 Å². The first-order chi connectivity index (χ1) is 11.1. The van der Waals surface area contributed by atoms with Gasteiger partial charge in [-0.05, 0) is 48.0 Å². The number of hydrogen-bond donors (Lipinski definition) is 2. The van der Waals surface area contributed by atoms with E-state index in [9.17, 15) is 0 Å². The van der Waals surface area contributed by atoms with Crippen LogP contribution in [0.1, 0.15) is 106 Å². The molecule has 3 nitrogen and oxygen atoms in total. The number of nitrogens with one attached hydrogen (secondary N) is 2. The van der Waals surface area contributed by atoms with E-state index in [4.69, 9.17) is 4.74 Å². The highest BCUT2D eigenvalue weighted by molar-refractivity contribution is 4.81. The Morgan fingerprint density at radius 1 is 0.667 bits per heavy atom. The van der Waals surface area contributed by atoms with E-state index in [0.29, 0.717) is 0 Å². The van der Waals surface area contributed by atoms with Crippen molar-refractivity contribution in [2.45, 2.75) is 123 Å². The van der Waals surface area contributed by atoms with E-state index in [2.05, 4.69) is 59.1 Å². The molecule has 0 aliphatic rings. The fraction of sp³-hybridized carbons (Fsp3) is 1.00. The minimum Gasteiger partial charge on any atom is -0.378 e. The number of unbranched alkanes of at least 4 members (excludes halogenated alkanes) is 8. The summed E-state index contributed by atoms with van der Waals surface area (Å²) in [7, 11) is 0. The summed E-state index contributed by atoms with van der Waals surface area (Å²) in [5.41, 5.74) is 0.175. The van der Waals surface area contributed by atoms with Crippen LogP contribution in [0.2, 0.25) is 0 Å². The summed E-state index contributed by atoms with van der Waals surface area (Å²) in [6, 6.07) is 0. The van der Waals surface area contributed by atoms with E-state index in [1.165, 1.54) is 57.8 Å². The van der Waals surface area contributed by atoms with Crippen molar-refractivity contribution >= 4 is 0 Å². The summed E-state index contributed by atoms with van der Waals surface area (Å²) < 4.78 is 5.92. The van der Waals surface area contributed by atoms with Gasteiger partial charge in [0.15, 0.2) is 0 Å². The van der Waals surface area contributed by atoms with Crippen molar-refractivity contribution in [3.05, 3.63) is 0 Å². The molecule has 0 amide bonds. The Labute approximate surface area is 152 Å². The minimum absolute atomic E-state index is 0.0874. The van der Waals surface area contributed by atoms with Crippen LogP contribution in [0.3, 0.4) is 0 Å². The van der Waals surface area contributed by atoms with Crippen LogP contribution < -0.4 is 10.6 Å². The zero-order chi connectivity index (χ0) is 18.5. The Kier molecular flexibility index (Phi) is 13.1. The van der Waals surface area contributed by atoms with E-state index in [1.807, 2.05) is 0 Å². The van der Waals surface area contributed by atoms with Crippen molar-refractivity contribution in [2.75, 3.05) is 13.2 Å². The summed E-state index contributed by atoms with van der Waals surface area (Å²) in [5.74, 6) is 0. The molecule has 0 spiro atoms. The van der Waals surface area contributed by atoms with Gasteiger partial charge < -0.3 is 4.74 Å². The maximum atomic E-state index is 5.92. The van der Waals surface area contributed by atoms with E-state index in [1.54, 1.807) is 0 Å². The van der Waals surface area contributed by atoms with Crippen LogP contribution in [0.15, 0.2) is 0 Å². The first-order valence-corrected chi connectivity index (χ1v) is 10.3. The molecular formula is C21H46N2O. The van der Waals surface area contributed by atoms with E-state index in [-0.39, 0.29) is 17.2 Å². The first-order valence-electron chi connectivity index (χ1n) is 10.3. The highest BCUT2D eigenvalue weighted by Gasteiger charge is 2.21. The lowest BCUT2D eigenvalue weighted by Crippen LogP contribution is -2.58. The van der Waals surface area contributed by atoms with E-state index < -0.39 is 0 Å². The van der Waals surface area contributed by atoms with Crippen molar-refractivity contribution in [3.8, 4) is 0 Å². The van der Waals surface area contributed by atoms with Crippen LogP contribution in [0.5, 0.6) is 0 Å². The molecule has 0 aromatic heterocycles. The SMILES string of the molecule is CCCCCCCCCCCOCC(NC(C)(C)C)NC(C)(C)C. The van der Waals surface area contributed by atoms with Crippen molar-refractivity contribution in [1.82, 2.24) is 10.6 Å². The lowest BCUT2D eigenvalue weighted by molar-refractivity contribution is 0.0793. The highest BCUT2D eigenvalue weighted by atomic mass is 16.5. The maximum Gasteiger partial charge on any atom is 0.0821 e. The molecule has 0 saturated carbocycles. The van der Waals surface area contributed by atoms with Gasteiger partial charge in [-0.2, -0.15) is 0 Å². The third kappa shape index (κ3) is 18.2. The molecule has 2 N–H and O–H groups in total. The van der Waals surface area contributed by atoms with Gasteiger partial charge in [-0.1, -0.05) is 58.3 Å². The van der Waals surface area contributed by atoms with Crippen molar-refractivity contribution in [2.24, 2.45) is 0 Å². The lowest BCUT2D eigenvalue weighted by atomic mass is 10.1. The third-order valence-corrected chi connectivity index (χ3v) is 3.89. The average molecular weight is 343 g/mol. The fourth-order valence-electron chi connectivity index (χ4n) is 2.88. The van der Waals surface area contributed by atoms with Gasteiger partial charge in [0.05, 0.1) is 12.8 Å². The zero-order valence-corrected chi connectivity index (χ0v) is 17.8. The van der Waals surface area contributed by atoms with Crippen LogP contribution >= 0.6 is 0 Å². The predicted molar refractivity (Wildman–Crippen MR) is 108 cm³/mol. The zero-order valence-electron chi connectivity index (χ0n) is 17.8. The molecule has 24 heavy (non-hydrogen) atoms. The van der Waals surface area contributed by atoms with Crippen molar-refractivity contribution in [1.29, 1.82) is 0 Å². The van der Waals surface area contributed by atoms with Gasteiger partial charge in [0, 0.05) is 17.7 Å². The van der Waals surface area contributed by atoms with Gasteiger partial charge in [-0.25, -0.2) is 0 Å². The van der Waals surface area contributed by atoms with Crippen LogP contribution in [0.25, 0.3) is 0 Å². The number of hydrogen-bond acceptors (Lipinski definition) is 3. The summed E-state index contributed by atoms with van der Waals surface area (Å²) >= 11 is 0. The quantitative estimate of drug-likeness (QED) is 0.317. The van der Waals surface area contributed by atoms with Gasteiger partial charge >= 0.3 is 0 Å². The Balaban J connectivity index is 3.69. The fourth-order valence-corrected chi connectivity index (χ4v) is 2.88. The summed E-state index contributed by atoms with van der Waals surface area (Å²) in [4.78, 5) is 0. The van der Waals surface area contributed by atoms with Gasteiger partial charge in [-0.15, -0.1) is 0 Å². The van der Waals surface area contributed by atoms with E-state index >= 15 is 0 Å². The Morgan fingerprint density at radius 3 is 1.50 bits per heavy atom. The van der Waals surface area contributed by atoms with E-state index in [0.717, 1.165) is 13.2 Å². The second-order valence-electron chi connectivity index (χ2n) is 9.24. The molecule has 0 atom stereocenters. The molecule has 0 unspecified atom stereocenters. The monoisotopic (exact) mass is 342 g/mol. The molecule has 0 aliphatic carbocycles. The predicted octanol–water partition coefficient (Wildman–Crippen LogP) is 5.64. The summed E-state index contributed by atoms with van der Waals surface area (Å²) in [6.07, 6.45) is 12.4. The molecule has 146 valence electrons. The Bertz CT molecular complexity index is 263. The summed E-state index contributed by atoms with van der Waals surface area (Å²) in [6.45, 7) is 17.1. The number of rotatable bonds is 14. The smallest absolute Gasteiger partial charge is 0.0821 e. The highest BCUT2D eigenvalue weighted by Crippen LogP contribution is 2.10. The van der Waals surface area contributed by atoms with Gasteiger partial charge in [0.2, 0.25) is 0 Å². The summed E-state index contributed by atoms with van der Waals surface area (Å²) in [5, 5.41) is 7.22. The standard InChI is InChI=1S/C21H46N2O/c1-8-9-10-11-12-13-14-15-16-17-24-18-19(22-20(2,3)4)23-21(5,6)7/h19,22-23H,8-18H2,1-7H3. The molecule has 0 aromatic carbocycles. The van der Waals surface area contributed by atoms with Crippen molar-refractivity contribution in [3.63, 3.8) is 0 Å². The molecule has 0 aliphatic heterocycles. The average Bonchev–Trinajstić information content (AvgIpc) is 2.41. The first kappa shape index (κ1) is 23.9. The topological polar surface area (TPSA) is 33.3 Å². The normalized spacial score (nSPS) is 13.0. The molecular weight excluding hydrogens is 296 g/mol. The second kappa shape index (κ2) is 13.1. The molecule has 0 fully saturated rings. The second-order valence-corrected chi connectivity index (χ2v) is 9.24. The molecule has 3 heteroatoms. The van der Waals surface area contributed by atoms with Gasteiger partial charge in [-0.3, -0.25) is 10.6 Å². The Hall–Kier alpha value is -0.120. The van der Waals surface area contributed by atoms with Gasteiger partial charge in [0.1, 0.15) is 0 Å². The van der Waals surface area contributed by atoms with Gasteiger partial charge in [0.25, 0.3) is 0 Å². The Morgan fingerprint density at radius 2 is 1.08 bits per heavy atom. The number of ether oxygens (including phenoxy) is 1. The van der Waals surface area contributed by atoms with Crippen LogP contribution in [-0.4, -0.2) is 30.5 Å². The van der Waals surface area contributed by atoms with Crippen LogP contribution in [-0.2, 0) is 4.74 Å². The van der Waals surface area contributed by atoms with Crippen molar-refractivity contribution < 1.29 is 4.74 Å². The minimum atomic E-state index is 0.0874. The molecule has 0 rings (SSSR count). The molecule has 0 radical (unpaired) electrons. The molecule has 0 heterocycles. The molecule has 0 aromatic rings. The molecule has 0 bridgehead atoms. The lowest BCUT2D eigenvalue weighted by Gasteiger charge is -2.34. The van der Waals surface area contributed by atoms with Crippen LogP contribution in [0.4, 0.5) is 0 Å². The molecule has 0 saturated heterocycles. The third-order valence-electron chi connectivity index (χ3n) is 3.89. The largest absolute Gasteiger partial charge is 0.378 e.